The Morgan fingerprint density at radius 2 is 1.83 bits per heavy atom. The summed E-state index contributed by atoms with van der Waals surface area (Å²) in [5.41, 5.74) is 3.65. The fraction of sp³-hybridized carbons (Fsp3) is 0.267. The van der Waals surface area contributed by atoms with E-state index in [1.165, 1.54) is 0 Å². The minimum absolute atomic E-state index is 0.0775. The van der Waals surface area contributed by atoms with Crippen LogP contribution < -0.4 is 0 Å². The summed E-state index contributed by atoms with van der Waals surface area (Å²) in [5, 5.41) is 0. The number of ether oxygens (including phenoxy) is 1. The van der Waals surface area contributed by atoms with E-state index in [0.29, 0.717) is 5.56 Å². The number of carbonyl (C=O) groups excluding carboxylic acids is 1. The molecular weight excluding hydrogens is 240 g/mol. The van der Waals surface area contributed by atoms with Gasteiger partial charge >= 0.3 is 5.97 Å². The highest BCUT2D eigenvalue weighted by atomic mass is 28.3. The summed E-state index contributed by atoms with van der Waals surface area (Å²) in [4.78, 5) is 11.5. The second kappa shape index (κ2) is 6.69. The molecule has 0 bridgehead atoms. The Bertz CT molecular complexity index is 519. The van der Waals surface area contributed by atoms with Gasteiger partial charge in [-0.2, -0.15) is 0 Å². The average Bonchev–Trinajstić information content (AvgIpc) is 2.33. The summed E-state index contributed by atoms with van der Waals surface area (Å²) in [7, 11) is -1.36. The highest BCUT2D eigenvalue weighted by Crippen LogP contribution is 2.00. The Morgan fingerprint density at radius 1 is 1.17 bits per heavy atom. The second-order valence-corrected chi connectivity index (χ2v) is 9.49. The van der Waals surface area contributed by atoms with Gasteiger partial charge in [0.2, 0.25) is 0 Å². The molecule has 0 fully saturated rings. The lowest BCUT2D eigenvalue weighted by Crippen LogP contribution is -2.16. The van der Waals surface area contributed by atoms with Crippen LogP contribution in [0, 0.1) is 23.3 Å². The molecule has 0 N–H and O–H groups in total. The van der Waals surface area contributed by atoms with Crippen LogP contribution in [0.5, 0.6) is 0 Å². The average molecular weight is 256 g/mol. The van der Waals surface area contributed by atoms with Gasteiger partial charge in [0, 0.05) is 0 Å². The van der Waals surface area contributed by atoms with E-state index in [4.69, 9.17) is 4.74 Å². The first-order valence-electron chi connectivity index (χ1n) is 5.71. The summed E-state index contributed by atoms with van der Waals surface area (Å²) >= 11 is 0. The Kier molecular flexibility index (Phi) is 5.23. The number of carbonyl (C=O) groups is 1. The molecule has 0 saturated carbocycles. The third-order valence-corrected chi connectivity index (χ3v) is 2.75. The summed E-state index contributed by atoms with van der Waals surface area (Å²) in [6, 6.07) is 8.85. The maximum atomic E-state index is 11.5. The van der Waals surface area contributed by atoms with Crippen LogP contribution in [0.25, 0.3) is 0 Å². The topological polar surface area (TPSA) is 26.3 Å². The SMILES string of the molecule is C[Si](C)(C)C#CC#CCOC(=O)c1ccccc1. The first-order valence-corrected chi connectivity index (χ1v) is 9.21. The van der Waals surface area contributed by atoms with E-state index >= 15 is 0 Å². The minimum atomic E-state index is -1.36. The molecule has 1 aromatic carbocycles. The zero-order valence-corrected chi connectivity index (χ0v) is 11.9. The highest BCUT2D eigenvalue weighted by Gasteiger charge is 2.06. The fourth-order valence-corrected chi connectivity index (χ4v) is 1.50. The molecule has 2 nitrogen and oxygen atoms in total. The maximum absolute atomic E-state index is 11.5. The summed E-state index contributed by atoms with van der Waals surface area (Å²) in [5.74, 6) is 7.85. The predicted octanol–water partition coefficient (Wildman–Crippen LogP) is 2.73. The quantitative estimate of drug-likeness (QED) is 0.462. The van der Waals surface area contributed by atoms with Crippen LogP contribution in [-0.4, -0.2) is 20.7 Å². The van der Waals surface area contributed by atoms with E-state index in [2.05, 4.69) is 42.9 Å². The standard InChI is InChI=1S/C15H16O2Si/c1-18(2,3)13-9-5-8-12-17-15(16)14-10-6-4-7-11-14/h4,6-7,10-11H,12H2,1-3H3. The van der Waals surface area contributed by atoms with Crippen molar-refractivity contribution in [2.24, 2.45) is 0 Å². The molecule has 0 aliphatic carbocycles. The molecule has 0 aromatic heterocycles. The van der Waals surface area contributed by atoms with Crippen molar-refractivity contribution >= 4 is 14.0 Å². The molecular formula is C15H16O2Si. The number of benzene rings is 1. The Morgan fingerprint density at radius 3 is 2.44 bits per heavy atom. The monoisotopic (exact) mass is 256 g/mol. The van der Waals surface area contributed by atoms with Crippen LogP contribution in [-0.2, 0) is 4.74 Å². The van der Waals surface area contributed by atoms with Gasteiger partial charge in [-0.05, 0) is 29.9 Å². The fourth-order valence-electron chi connectivity index (χ4n) is 1.06. The van der Waals surface area contributed by atoms with Crippen LogP contribution >= 0.6 is 0 Å². The van der Waals surface area contributed by atoms with Gasteiger partial charge < -0.3 is 4.74 Å². The lowest BCUT2D eigenvalue weighted by molar-refractivity contribution is 0.0556. The van der Waals surface area contributed by atoms with E-state index in [9.17, 15) is 4.79 Å². The van der Waals surface area contributed by atoms with E-state index in [1.54, 1.807) is 24.3 Å². The summed E-state index contributed by atoms with van der Waals surface area (Å²) in [6.07, 6.45) is 0. The lowest BCUT2D eigenvalue weighted by atomic mass is 10.2. The predicted molar refractivity (Wildman–Crippen MR) is 75.6 cm³/mol. The van der Waals surface area contributed by atoms with Crippen molar-refractivity contribution in [1.29, 1.82) is 0 Å². The van der Waals surface area contributed by atoms with E-state index < -0.39 is 8.07 Å². The Balaban J connectivity index is 2.41. The van der Waals surface area contributed by atoms with Crippen molar-refractivity contribution in [1.82, 2.24) is 0 Å². The molecule has 0 unspecified atom stereocenters. The minimum Gasteiger partial charge on any atom is -0.449 e. The molecule has 0 aliphatic rings. The number of hydrogen-bond donors (Lipinski definition) is 0. The van der Waals surface area contributed by atoms with Gasteiger partial charge in [0.15, 0.2) is 6.61 Å². The summed E-state index contributed by atoms with van der Waals surface area (Å²) < 4.78 is 4.99. The molecule has 0 amide bonds. The van der Waals surface area contributed by atoms with E-state index in [0.717, 1.165) is 0 Å². The number of esters is 1. The maximum Gasteiger partial charge on any atom is 0.339 e. The summed E-state index contributed by atoms with van der Waals surface area (Å²) in [6.45, 7) is 6.53. The molecule has 92 valence electrons. The number of rotatable bonds is 2. The van der Waals surface area contributed by atoms with Crippen molar-refractivity contribution in [2.45, 2.75) is 19.6 Å². The zero-order valence-electron chi connectivity index (χ0n) is 10.9. The lowest BCUT2D eigenvalue weighted by Gasteiger charge is -2.01. The highest BCUT2D eigenvalue weighted by molar-refractivity contribution is 6.83. The Hall–Kier alpha value is -1.97. The first kappa shape index (κ1) is 14.1. The third kappa shape index (κ3) is 5.93. The van der Waals surface area contributed by atoms with E-state index in [-0.39, 0.29) is 12.6 Å². The molecule has 3 heteroatoms. The van der Waals surface area contributed by atoms with Crippen molar-refractivity contribution < 1.29 is 9.53 Å². The molecule has 0 atom stereocenters. The second-order valence-electron chi connectivity index (χ2n) is 4.74. The molecule has 18 heavy (non-hydrogen) atoms. The van der Waals surface area contributed by atoms with Crippen molar-refractivity contribution in [2.75, 3.05) is 6.61 Å². The normalized spacial score (nSPS) is 9.50. The van der Waals surface area contributed by atoms with Crippen molar-refractivity contribution in [3.8, 4) is 23.3 Å². The molecule has 0 spiro atoms. The van der Waals surface area contributed by atoms with Gasteiger partial charge in [-0.3, -0.25) is 0 Å². The van der Waals surface area contributed by atoms with Gasteiger partial charge in [-0.1, -0.05) is 37.8 Å². The largest absolute Gasteiger partial charge is 0.449 e. The first-order chi connectivity index (χ1) is 8.49. The van der Waals surface area contributed by atoms with Gasteiger partial charge in [0.1, 0.15) is 8.07 Å². The van der Waals surface area contributed by atoms with Crippen LogP contribution in [0.15, 0.2) is 30.3 Å². The zero-order chi connectivity index (χ0) is 13.4. The van der Waals surface area contributed by atoms with Crippen LogP contribution in [0.3, 0.4) is 0 Å². The van der Waals surface area contributed by atoms with E-state index in [1.807, 2.05) is 6.07 Å². The van der Waals surface area contributed by atoms with Crippen LogP contribution in [0.2, 0.25) is 19.6 Å². The van der Waals surface area contributed by atoms with Crippen LogP contribution in [0.1, 0.15) is 10.4 Å². The molecule has 0 heterocycles. The molecule has 0 aliphatic heterocycles. The third-order valence-electron chi connectivity index (χ3n) is 1.87. The van der Waals surface area contributed by atoms with Gasteiger partial charge in [0.05, 0.1) is 5.56 Å². The van der Waals surface area contributed by atoms with Crippen molar-refractivity contribution in [3.63, 3.8) is 0 Å². The number of hydrogen-bond acceptors (Lipinski definition) is 2. The van der Waals surface area contributed by atoms with Gasteiger partial charge in [-0.15, -0.1) is 5.54 Å². The van der Waals surface area contributed by atoms with Gasteiger partial charge in [0.25, 0.3) is 0 Å². The van der Waals surface area contributed by atoms with Crippen molar-refractivity contribution in [3.05, 3.63) is 35.9 Å². The Labute approximate surface area is 109 Å². The smallest absolute Gasteiger partial charge is 0.339 e. The molecule has 1 rings (SSSR count). The molecule has 1 aromatic rings. The molecule has 0 saturated heterocycles. The van der Waals surface area contributed by atoms with Gasteiger partial charge in [-0.25, -0.2) is 4.79 Å². The van der Waals surface area contributed by atoms with Crippen LogP contribution in [0.4, 0.5) is 0 Å². The molecule has 0 radical (unpaired) electrons.